The minimum absolute atomic E-state index is 0.0895. The molecule has 3 rings (SSSR count). The van der Waals surface area contributed by atoms with E-state index in [0.717, 1.165) is 13.1 Å². The summed E-state index contributed by atoms with van der Waals surface area (Å²) in [5.41, 5.74) is 8.59. The van der Waals surface area contributed by atoms with Gasteiger partial charge in [-0.2, -0.15) is 0 Å². The number of anilines is 1. The third kappa shape index (κ3) is 2.05. The lowest BCUT2D eigenvalue weighted by Gasteiger charge is -2.35. The van der Waals surface area contributed by atoms with Crippen molar-refractivity contribution in [2.75, 3.05) is 18.0 Å². The first-order chi connectivity index (χ1) is 8.24. The summed E-state index contributed by atoms with van der Waals surface area (Å²) in [6.07, 6.45) is 3.27. The standard InChI is InChI=1S/C14H20N2O/c1-10(15)13-4-2-3-5-14(13)16-8-11-6-7-12(9-16)17-11/h2-5,10-12H,6-9,15H2,1H3/t10-,11?,12?/m1/s1. The number of benzene rings is 1. The summed E-state index contributed by atoms with van der Waals surface area (Å²) in [7, 11) is 0. The maximum absolute atomic E-state index is 6.05. The van der Waals surface area contributed by atoms with Crippen LogP contribution < -0.4 is 10.6 Å². The number of fused-ring (bicyclic) bond motifs is 2. The van der Waals surface area contributed by atoms with Crippen molar-refractivity contribution >= 4 is 5.69 Å². The Hall–Kier alpha value is -1.06. The lowest BCUT2D eigenvalue weighted by Crippen LogP contribution is -2.43. The Morgan fingerprint density at radius 3 is 2.53 bits per heavy atom. The van der Waals surface area contributed by atoms with Gasteiger partial charge in [-0.25, -0.2) is 0 Å². The molecule has 3 heteroatoms. The highest BCUT2D eigenvalue weighted by Crippen LogP contribution is 2.32. The van der Waals surface area contributed by atoms with Gasteiger partial charge in [0.25, 0.3) is 0 Å². The van der Waals surface area contributed by atoms with Gasteiger partial charge >= 0.3 is 0 Å². The zero-order chi connectivity index (χ0) is 11.8. The van der Waals surface area contributed by atoms with Crippen molar-refractivity contribution < 1.29 is 4.74 Å². The van der Waals surface area contributed by atoms with Crippen LogP contribution in [0.25, 0.3) is 0 Å². The molecule has 17 heavy (non-hydrogen) atoms. The number of nitrogens with zero attached hydrogens (tertiary/aromatic N) is 1. The summed E-state index contributed by atoms with van der Waals surface area (Å²) < 4.78 is 5.88. The number of para-hydroxylation sites is 1. The Bertz CT molecular complexity index is 393. The zero-order valence-electron chi connectivity index (χ0n) is 10.3. The van der Waals surface area contributed by atoms with E-state index in [-0.39, 0.29) is 6.04 Å². The van der Waals surface area contributed by atoms with Gasteiger partial charge in [-0.15, -0.1) is 0 Å². The van der Waals surface area contributed by atoms with Gasteiger partial charge in [-0.3, -0.25) is 0 Å². The van der Waals surface area contributed by atoms with Crippen LogP contribution in [0.4, 0.5) is 5.69 Å². The van der Waals surface area contributed by atoms with Crippen molar-refractivity contribution in [3.05, 3.63) is 29.8 Å². The van der Waals surface area contributed by atoms with E-state index in [0.29, 0.717) is 12.2 Å². The first-order valence-corrected chi connectivity index (χ1v) is 6.49. The van der Waals surface area contributed by atoms with E-state index < -0.39 is 0 Å². The van der Waals surface area contributed by atoms with Crippen molar-refractivity contribution in [1.29, 1.82) is 0 Å². The number of nitrogens with two attached hydrogens (primary N) is 1. The number of ether oxygens (including phenoxy) is 1. The highest BCUT2D eigenvalue weighted by Gasteiger charge is 2.34. The van der Waals surface area contributed by atoms with Gasteiger partial charge in [0.2, 0.25) is 0 Å². The molecule has 3 nitrogen and oxygen atoms in total. The Morgan fingerprint density at radius 2 is 1.88 bits per heavy atom. The molecule has 0 aromatic heterocycles. The Morgan fingerprint density at radius 1 is 1.24 bits per heavy atom. The molecule has 0 spiro atoms. The molecule has 2 fully saturated rings. The molecule has 1 aromatic rings. The van der Waals surface area contributed by atoms with Gasteiger partial charge in [0.1, 0.15) is 0 Å². The van der Waals surface area contributed by atoms with Crippen LogP contribution in [0.1, 0.15) is 31.4 Å². The number of rotatable bonds is 2. The lowest BCUT2D eigenvalue weighted by molar-refractivity contribution is 0.0304. The summed E-state index contributed by atoms with van der Waals surface area (Å²) in [5.74, 6) is 0. The van der Waals surface area contributed by atoms with Crippen LogP contribution in [0.3, 0.4) is 0 Å². The van der Waals surface area contributed by atoms with Crippen molar-refractivity contribution in [2.45, 2.75) is 38.0 Å². The second kappa shape index (κ2) is 4.31. The number of hydrogen-bond donors (Lipinski definition) is 1. The Labute approximate surface area is 103 Å². The monoisotopic (exact) mass is 232 g/mol. The SMILES string of the molecule is C[C@@H](N)c1ccccc1N1CC2CCC(C1)O2. The Kier molecular flexibility index (Phi) is 2.81. The molecule has 3 atom stereocenters. The molecule has 2 unspecified atom stereocenters. The van der Waals surface area contributed by atoms with Crippen LogP contribution in [0.2, 0.25) is 0 Å². The molecule has 92 valence electrons. The third-order valence-electron chi connectivity index (χ3n) is 3.81. The fraction of sp³-hybridized carbons (Fsp3) is 0.571. The van der Waals surface area contributed by atoms with Crippen LogP contribution >= 0.6 is 0 Å². The third-order valence-corrected chi connectivity index (χ3v) is 3.81. The van der Waals surface area contributed by atoms with Crippen LogP contribution in [-0.2, 0) is 4.74 Å². The van der Waals surface area contributed by atoms with Crippen LogP contribution in [0.5, 0.6) is 0 Å². The minimum Gasteiger partial charge on any atom is -0.371 e. The van der Waals surface area contributed by atoms with E-state index in [2.05, 4.69) is 29.2 Å². The van der Waals surface area contributed by atoms with E-state index >= 15 is 0 Å². The van der Waals surface area contributed by atoms with Crippen molar-refractivity contribution in [3.63, 3.8) is 0 Å². The molecule has 2 saturated heterocycles. The smallest absolute Gasteiger partial charge is 0.0755 e. The topological polar surface area (TPSA) is 38.5 Å². The molecule has 2 bridgehead atoms. The van der Waals surface area contributed by atoms with Crippen molar-refractivity contribution in [1.82, 2.24) is 0 Å². The maximum Gasteiger partial charge on any atom is 0.0755 e. The van der Waals surface area contributed by atoms with Crippen LogP contribution in [0, 0.1) is 0 Å². The zero-order valence-corrected chi connectivity index (χ0v) is 10.3. The van der Waals surface area contributed by atoms with Crippen LogP contribution in [-0.4, -0.2) is 25.3 Å². The normalized spacial score (nSPS) is 29.4. The van der Waals surface area contributed by atoms with E-state index in [1.54, 1.807) is 0 Å². The lowest BCUT2D eigenvalue weighted by atomic mass is 10.1. The fourth-order valence-corrected chi connectivity index (χ4v) is 2.97. The molecule has 0 amide bonds. The van der Waals surface area contributed by atoms with E-state index in [4.69, 9.17) is 10.5 Å². The van der Waals surface area contributed by atoms with Gasteiger partial charge in [0, 0.05) is 24.8 Å². The summed E-state index contributed by atoms with van der Waals surface area (Å²) in [6.45, 7) is 4.08. The number of hydrogen-bond acceptors (Lipinski definition) is 3. The quantitative estimate of drug-likeness (QED) is 0.848. The van der Waals surface area contributed by atoms with E-state index in [9.17, 15) is 0 Å². The first-order valence-electron chi connectivity index (χ1n) is 6.49. The van der Waals surface area contributed by atoms with E-state index in [1.165, 1.54) is 24.1 Å². The predicted molar refractivity (Wildman–Crippen MR) is 69.2 cm³/mol. The predicted octanol–water partition coefficient (Wildman–Crippen LogP) is 2.07. The van der Waals surface area contributed by atoms with Crippen LogP contribution in [0.15, 0.2) is 24.3 Å². The largest absolute Gasteiger partial charge is 0.371 e. The summed E-state index contributed by atoms with van der Waals surface area (Å²) in [4.78, 5) is 2.45. The molecule has 2 aliphatic rings. The van der Waals surface area contributed by atoms with Crippen molar-refractivity contribution in [3.8, 4) is 0 Å². The molecular formula is C14H20N2O. The molecule has 0 aliphatic carbocycles. The first kappa shape index (κ1) is 11.1. The summed E-state index contributed by atoms with van der Waals surface area (Å²) in [6, 6.07) is 8.57. The molecular weight excluding hydrogens is 212 g/mol. The van der Waals surface area contributed by atoms with Gasteiger partial charge < -0.3 is 15.4 Å². The molecule has 2 heterocycles. The highest BCUT2D eigenvalue weighted by molar-refractivity contribution is 5.55. The molecule has 1 aromatic carbocycles. The second-order valence-corrected chi connectivity index (χ2v) is 5.21. The number of morpholine rings is 1. The molecule has 2 aliphatic heterocycles. The highest BCUT2D eigenvalue weighted by atomic mass is 16.5. The minimum atomic E-state index is 0.0895. The molecule has 0 saturated carbocycles. The summed E-state index contributed by atoms with van der Waals surface area (Å²) in [5, 5.41) is 0. The average Bonchev–Trinajstić information content (AvgIpc) is 2.68. The van der Waals surface area contributed by atoms with Gasteiger partial charge in [0.15, 0.2) is 0 Å². The Balaban J connectivity index is 1.88. The molecule has 0 radical (unpaired) electrons. The van der Waals surface area contributed by atoms with Gasteiger partial charge in [0.05, 0.1) is 12.2 Å². The van der Waals surface area contributed by atoms with Crippen molar-refractivity contribution in [2.24, 2.45) is 5.73 Å². The summed E-state index contributed by atoms with van der Waals surface area (Å²) >= 11 is 0. The van der Waals surface area contributed by atoms with Gasteiger partial charge in [-0.05, 0) is 31.4 Å². The molecule has 2 N–H and O–H groups in total. The second-order valence-electron chi connectivity index (χ2n) is 5.21. The van der Waals surface area contributed by atoms with E-state index in [1.807, 2.05) is 6.92 Å². The van der Waals surface area contributed by atoms with Gasteiger partial charge in [-0.1, -0.05) is 18.2 Å². The average molecular weight is 232 g/mol. The maximum atomic E-state index is 6.05. The fourth-order valence-electron chi connectivity index (χ4n) is 2.97.